The Kier molecular flexibility index (Phi) is 4.10. The zero-order valence-electron chi connectivity index (χ0n) is 9.34. The van der Waals surface area contributed by atoms with Crippen LogP contribution in [0, 0.1) is 12.7 Å². The minimum Gasteiger partial charge on any atom is -0.308 e. The Morgan fingerprint density at radius 3 is 2.88 bits per heavy atom. The summed E-state index contributed by atoms with van der Waals surface area (Å²) in [5.74, 6) is -0.375. The lowest BCUT2D eigenvalue weighted by molar-refractivity contribution is 0.621. The number of aromatic nitrogens is 1. The summed E-state index contributed by atoms with van der Waals surface area (Å²) in [6, 6.07) is 4.84. The normalized spacial score (nSPS) is 10.8. The molecular weight excluding hydrogens is 259 g/mol. The molecule has 0 saturated heterocycles. The van der Waals surface area contributed by atoms with E-state index in [-0.39, 0.29) is 10.8 Å². The molecule has 5 heteroatoms. The van der Waals surface area contributed by atoms with Gasteiger partial charge >= 0.3 is 0 Å². The first-order valence-corrected chi connectivity index (χ1v) is 6.40. The Balaban J connectivity index is 1.87. The maximum absolute atomic E-state index is 13.2. The van der Waals surface area contributed by atoms with Crippen LogP contribution >= 0.6 is 22.9 Å². The Labute approximate surface area is 108 Å². The van der Waals surface area contributed by atoms with Crippen LogP contribution in [0.25, 0.3) is 0 Å². The average Bonchev–Trinajstić information content (AvgIpc) is 2.70. The van der Waals surface area contributed by atoms with Crippen molar-refractivity contribution in [3.05, 3.63) is 50.7 Å². The summed E-state index contributed by atoms with van der Waals surface area (Å²) in [6.07, 6.45) is 1.86. The first-order valence-electron chi connectivity index (χ1n) is 5.21. The third-order valence-corrected chi connectivity index (χ3v) is 3.50. The third-order valence-electron chi connectivity index (χ3n) is 2.28. The zero-order chi connectivity index (χ0) is 12.3. The smallest absolute Gasteiger partial charge is 0.142 e. The fourth-order valence-corrected chi connectivity index (χ4v) is 2.35. The van der Waals surface area contributed by atoms with Crippen LogP contribution in [0.3, 0.4) is 0 Å². The van der Waals surface area contributed by atoms with Gasteiger partial charge in [0.05, 0.1) is 10.0 Å². The topological polar surface area (TPSA) is 24.9 Å². The van der Waals surface area contributed by atoms with Crippen molar-refractivity contribution in [2.75, 3.05) is 0 Å². The van der Waals surface area contributed by atoms with Crippen LogP contribution in [-0.2, 0) is 13.1 Å². The van der Waals surface area contributed by atoms with Gasteiger partial charge in [-0.3, -0.25) is 0 Å². The van der Waals surface area contributed by atoms with E-state index >= 15 is 0 Å². The predicted molar refractivity (Wildman–Crippen MR) is 68.8 cm³/mol. The molecule has 1 N–H and O–H groups in total. The van der Waals surface area contributed by atoms with E-state index in [0.29, 0.717) is 6.54 Å². The van der Waals surface area contributed by atoms with Gasteiger partial charge in [0.2, 0.25) is 0 Å². The molecule has 17 heavy (non-hydrogen) atoms. The minimum atomic E-state index is -0.375. The molecule has 0 fully saturated rings. The third kappa shape index (κ3) is 3.49. The fraction of sp³-hybridized carbons (Fsp3) is 0.250. The quantitative estimate of drug-likeness (QED) is 0.919. The maximum Gasteiger partial charge on any atom is 0.142 e. The molecule has 1 heterocycles. The maximum atomic E-state index is 13.2. The van der Waals surface area contributed by atoms with Crippen molar-refractivity contribution < 1.29 is 4.39 Å². The summed E-state index contributed by atoms with van der Waals surface area (Å²) >= 11 is 7.27. The van der Waals surface area contributed by atoms with Crippen LogP contribution in [0.15, 0.2) is 24.4 Å². The molecule has 0 spiro atoms. The zero-order valence-corrected chi connectivity index (χ0v) is 10.9. The molecule has 0 aliphatic carbocycles. The first kappa shape index (κ1) is 12.5. The molecule has 1 aromatic carbocycles. The average molecular weight is 271 g/mol. The second-order valence-corrected chi connectivity index (χ2v) is 5.42. The molecule has 90 valence electrons. The van der Waals surface area contributed by atoms with Crippen LogP contribution in [0.2, 0.25) is 5.02 Å². The SMILES string of the molecule is Cc1ncc(CNCc2ccc(Cl)c(F)c2)s1. The van der Waals surface area contributed by atoms with E-state index in [0.717, 1.165) is 17.1 Å². The molecule has 0 aliphatic rings. The molecular formula is C12H12ClFN2S. The second-order valence-electron chi connectivity index (χ2n) is 3.70. The number of nitrogens with one attached hydrogen (secondary N) is 1. The van der Waals surface area contributed by atoms with Crippen LogP contribution < -0.4 is 5.32 Å². The Morgan fingerprint density at radius 2 is 2.24 bits per heavy atom. The van der Waals surface area contributed by atoms with Crippen LogP contribution in [0.1, 0.15) is 15.4 Å². The predicted octanol–water partition coefficient (Wildman–Crippen LogP) is 3.53. The van der Waals surface area contributed by atoms with Gasteiger partial charge in [-0.25, -0.2) is 9.37 Å². The Hall–Kier alpha value is -0.970. The number of thiazole rings is 1. The van der Waals surface area contributed by atoms with Crippen molar-refractivity contribution in [2.45, 2.75) is 20.0 Å². The number of rotatable bonds is 4. The summed E-state index contributed by atoms with van der Waals surface area (Å²) in [4.78, 5) is 5.35. The van der Waals surface area contributed by atoms with Crippen molar-refractivity contribution >= 4 is 22.9 Å². The number of benzene rings is 1. The number of hydrogen-bond acceptors (Lipinski definition) is 3. The van der Waals surface area contributed by atoms with Crippen molar-refractivity contribution in [2.24, 2.45) is 0 Å². The highest BCUT2D eigenvalue weighted by atomic mass is 35.5. The molecule has 0 unspecified atom stereocenters. The lowest BCUT2D eigenvalue weighted by atomic mass is 10.2. The van der Waals surface area contributed by atoms with E-state index in [9.17, 15) is 4.39 Å². The number of aryl methyl sites for hydroxylation is 1. The molecule has 1 aromatic heterocycles. The van der Waals surface area contributed by atoms with E-state index < -0.39 is 0 Å². The van der Waals surface area contributed by atoms with Gasteiger partial charge in [-0.05, 0) is 24.6 Å². The largest absolute Gasteiger partial charge is 0.308 e. The molecule has 0 atom stereocenters. The summed E-state index contributed by atoms with van der Waals surface area (Å²) in [6.45, 7) is 3.34. The van der Waals surface area contributed by atoms with E-state index in [1.165, 1.54) is 10.9 Å². The molecule has 2 rings (SSSR count). The first-order chi connectivity index (χ1) is 8.15. The van der Waals surface area contributed by atoms with Crippen molar-refractivity contribution in [3.63, 3.8) is 0 Å². The van der Waals surface area contributed by atoms with Gasteiger partial charge in [0.15, 0.2) is 0 Å². The fourth-order valence-electron chi connectivity index (χ4n) is 1.47. The molecule has 0 radical (unpaired) electrons. The van der Waals surface area contributed by atoms with Gasteiger partial charge in [-0.1, -0.05) is 17.7 Å². The molecule has 0 bridgehead atoms. The summed E-state index contributed by atoms with van der Waals surface area (Å²) in [7, 11) is 0. The van der Waals surface area contributed by atoms with Gasteiger partial charge in [0, 0.05) is 24.2 Å². The molecule has 0 amide bonds. The van der Waals surface area contributed by atoms with Crippen LogP contribution in [0.4, 0.5) is 4.39 Å². The van der Waals surface area contributed by atoms with Gasteiger partial charge < -0.3 is 5.32 Å². The van der Waals surface area contributed by atoms with E-state index in [1.807, 2.05) is 19.2 Å². The van der Waals surface area contributed by atoms with Crippen LogP contribution in [-0.4, -0.2) is 4.98 Å². The van der Waals surface area contributed by atoms with Gasteiger partial charge in [-0.2, -0.15) is 0 Å². The lowest BCUT2D eigenvalue weighted by Gasteiger charge is -2.04. The van der Waals surface area contributed by atoms with Gasteiger partial charge in [-0.15, -0.1) is 11.3 Å². The van der Waals surface area contributed by atoms with E-state index in [1.54, 1.807) is 17.4 Å². The number of hydrogen-bond donors (Lipinski definition) is 1. The standard InChI is InChI=1S/C12H12ClFN2S/c1-8-16-7-10(17-8)6-15-5-9-2-3-11(13)12(14)4-9/h2-4,7,15H,5-6H2,1H3. The van der Waals surface area contributed by atoms with E-state index in [4.69, 9.17) is 11.6 Å². The van der Waals surface area contributed by atoms with Gasteiger partial charge in [0.25, 0.3) is 0 Å². The van der Waals surface area contributed by atoms with Crippen molar-refractivity contribution in [1.82, 2.24) is 10.3 Å². The van der Waals surface area contributed by atoms with Crippen molar-refractivity contribution in [3.8, 4) is 0 Å². The number of nitrogens with zero attached hydrogens (tertiary/aromatic N) is 1. The Morgan fingerprint density at radius 1 is 1.41 bits per heavy atom. The molecule has 0 saturated carbocycles. The highest BCUT2D eigenvalue weighted by molar-refractivity contribution is 7.11. The molecule has 2 nitrogen and oxygen atoms in total. The highest BCUT2D eigenvalue weighted by Gasteiger charge is 2.01. The summed E-state index contributed by atoms with van der Waals surface area (Å²) < 4.78 is 13.2. The summed E-state index contributed by atoms with van der Waals surface area (Å²) in [5, 5.41) is 4.45. The minimum absolute atomic E-state index is 0.159. The van der Waals surface area contributed by atoms with E-state index in [2.05, 4.69) is 10.3 Å². The van der Waals surface area contributed by atoms with Gasteiger partial charge in [0.1, 0.15) is 5.82 Å². The lowest BCUT2D eigenvalue weighted by Crippen LogP contribution is -2.11. The highest BCUT2D eigenvalue weighted by Crippen LogP contribution is 2.16. The molecule has 0 aliphatic heterocycles. The molecule has 2 aromatic rings. The summed E-state index contributed by atoms with van der Waals surface area (Å²) in [5.41, 5.74) is 0.883. The monoisotopic (exact) mass is 270 g/mol. The van der Waals surface area contributed by atoms with Crippen molar-refractivity contribution in [1.29, 1.82) is 0 Å². The Bertz CT molecular complexity index is 513. The number of halogens is 2. The van der Waals surface area contributed by atoms with Crippen LogP contribution in [0.5, 0.6) is 0 Å². The second kappa shape index (κ2) is 5.58.